The van der Waals surface area contributed by atoms with Crippen LogP contribution in [0.2, 0.25) is 0 Å². The number of fused-ring (bicyclic) bond motifs is 3. The second-order valence-electron chi connectivity index (χ2n) is 8.52. The minimum Gasteiger partial charge on any atom is -0.458 e. The second-order valence-corrected chi connectivity index (χ2v) is 8.52. The molecule has 0 saturated carbocycles. The van der Waals surface area contributed by atoms with Gasteiger partial charge in [0.2, 0.25) is 5.60 Å². The molecule has 2 aromatic rings. The van der Waals surface area contributed by atoms with Crippen LogP contribution < -0.4 is 0 Å². The Morgan fingerprint density at radius 1 is 1.03 bits per heavy atom. The molecular weight excluding hydrogens is 364 g/mol. The smallest absolute Gasteiger partial charge is 0.348 e. The molecule has 2 bridgehead atoms. The Kier molecular flexibility index (Phi) is 5.72. The monoisotopic (exact) mass is 394 g/mol. The van der Waals surface area contributed by atoms with Crippen molar-refractivity contribution in [2.24, 2.45) is 5.92 Å². The number of carbonyl (C=O) groups is 1. The van der Waals surface area contributed by atoms with Crippen molar-refractivity contribution < 1.29 is 14.6 Å². The lowest BCUT2D eigenvalue weighted by Crippen LogP contribution is -2.62. The zero-order valence-electron chi connectivity index (χ0n) is 17.2. The van der Waals surface area contributed by atoms with Gasteiger partial charge < -0.3 is 14.7 Å². The average Bonchev–Trinajstić information content (AvgIpc) is 2.76. The summed E-state index contributed by atoms with van der Waals surface area (Å²) >= 11 is 0. The first-order valence-corrected chi connectivity index (χ1v) is 10.4. The topological polar surface area (TPSA) is 53.0 Å². The van der Waals surface area contributed by atoms with E-state index in [0.29, 0.717) is 17.0 Å². The van der Waals surface area contributed by atoms with Gasteiger partial charge >= 0.3 is 5.97 Å². The molecule has 154 valence electrons. The van der Waals surface area contributed by atoms with Gasteiger partial charge in [0.25, 0.3) is 0 Å². The zero-order valence-corrected chi connectivity index (χ0v) is 17.2. The third-order valence-electron chi connectivity index (χ3n) is 6.36. The van der Waals surface area contributed by atoms with Crippen LogP contribution in [0.25, 0.3) is 0 Å². The second kappa shape index (κ2) is 8.27. The standard InChI is InChI=1S/C24H30N2O3/c1-25(2)17-21-22(18-13-15-26(21)16-14-18)29-23(27)24(28,19-9-5-3-6-10-19)20-11-7-4-8-12-20/h3-12,18,21-22,28H,13-17H2,1-2H3. The summed E-state index contributed by atoms with van der Waals surface area (Å²) in [4.78, 5) is 18.1. The van der Waals surface area contributed by atoms with Crippen molar-refractivity contribution in [1.82, 2.24) is 9.80 Å². The number of nitrogens with zero attached hydrogens (tertiary/aromatic N) is 2. The molecule has 2 unspecified atom stereocenters. The number of aliphatic hydroxyl groups is 1. The summed E-state index contributed by atoms with van der Waals surface area (Å²) in [5.41, 5.74) is -0.764. The molecule has 2 aromatic carbocycles. The highest BCUT2D eigenvalue weighted by Crippen LogP contribution is 2.38. The normalized spacial score (nSPS) is 26.5. The van der Waals surface area contributed by atoms with Gasteiger partial charge in [0.05, 0.1) is 6.04 Å². The molecule has 0 aromatic heterocycles. The lowest BCUT2D eigenvalue weighted by molar-refractivity contribution is -0.184. The Labute approximate surface area is 172 Å². The van der Waals surface area contributed by atoms with Gasteiger partial charge in [-0.25, -0.2) is 4.79 Å². The fourth-order valence-corrected chi connectivity index (χ4v) is 4.84. The Morgan fingerprint density at radius 3 is 2.03 bits per heavy atom. The largest absolute Gasteiger partial charge is 0.458 e. The molecule has 0 amide bonds. The highest BCUT2D eigenvalue weighted by atomic mass is 16.6. The predicted molar refractivity (Wildman–Crippen MR) is 112 cm³/mol. The van der Waals surface area contributed by atoms with Crippen LogP contribution in [0.4, 0.5) is 0 Å². The van der Waals surface area contributed by atoms with Crippen LogP contribution >= 0.6 is 0 Å². The number of esters is 1. The molecule has 5 rings (SSSR count). The van der Waals surface area contributed by atoms with Crippen LogP contribution in [0.5, 0.6) is 0 Å². The van der Waals surface area contributed by atoms with Crippen molar-refractivity contribution >= 4 is 5.97 Å². The molecule has 1 N–H and O–H groups in total. The van der Waals surface area contributed by atoms with E-state index in [9.17, 15) is 9.90 Å². The van der Waals surface area contributed by atoms with E-state index in [1.807, 2.05) is 50.5 Å². The van der Waals surface area contributed by atoms with Crippen LogP contribution in [-0.4, -0.2) is 66.8 Å². The number of piperidine rings is 3. The van der Waals surface area contributed by atoms with Crippen LogP contribution in [0.15, 0.2) is 60.7 Å². The molecule has 3 saturated heterocycles. The summed E-state index contributed by atoms with van der Waals surface area (Å²) in [5.74, 6) is -0.234. The molecule has 0 aliphatic carbocycles. The van der Waals surface area contributed by atoms with Crippen molar-refractivity contribution in [3.05, 3.63) is 71.8 Å². The van der Waals surface area contributed by atoms with E-state index in [-0.39, 0.29) is 12.1 Å². The first-order chi connectivity index (χ1) is 14.0. The maximum Gasteiger partial charge on any atom is 0.348 e. The van der Waals surface area contributed by atoms with Gasteiger partial charge in [-0.2, -0.15) is 0 Å². The Bertz CT molecular complexity index is 777. The molecule has 3 aliphatic rings. The molecule has 3 aliphatic heterocycles. The predicted octanol–water partition coefficient (Wildman–Crippen LogP) is 2.49. The van der Waals surface area contributed by atoms with Crippen LogP contribution in [0.1, 0.15) is 24.0 Å². The Morgan fingerprint density at radius 2 is 1.55 bits per heavy atom. The first-order valence-electron chi connectivity index (χ1n) is 10.4. The quantitative estimate of drug-likeness (QED) is 0.763. The van der Waals surface area contributed by atoms with E-state index >= 15 is 0 Å². The van der Waals surface area contributed by atoms with Crippen molar-refractivity contribution in [2.45, 2.75) is 30.6 Å². The van der Waals surface area contributed by atoms with Crippen molar-refractivity contribution in [1.29, 1.82) is 0 Å². The van der Waals surface area contributed by atoms with Gasteiger partial charge in [0.15, 0.2) is 0 Å². The number of carbonyl (C=O) groups excluding carboxylic acids is 1. The SMILES string of the molecule is CN(C)CC1C(OC(=O)C(O)(c2ccccc2)c2ccccc2)C2CCN1CC2. The maximum absolute atomic E-state index is 13.5. The minimum absolute atomic E-state index is 0.164. The maximum atomic E-state index is 13.5. The minimum atomic E-state index is -1.82. The molecule has 3 fully saturated rings. The third kappa shape index (κ3) is 3.82. The summed E-state index contributed by atoms with van der Waals surface area (Å²) in [7, 11) is 4.10. The van der Waals surface area contributed by atoms with Crippen LogP contribution in [0, 0.1) is 5.92 Å². The lowest BCUT2D eigenvalue weighted by Gasteiger charge is -2.51. The van der Waals surface area contributed by atoms with Crippen molar-refractivity contribution in [2.75, 3.05) is 33.7 Å². The zero-order chi connectivity index (χ0) is 20.4. The van der Waals surface area contributed by atoms with E-state index in [1.54, 1.807) is 24.3 Å². The molecule has 5 heteroatoms. The molecule has 5 nitrogen and oxygen atoms in total. The van der Waals surface area contributed by atoms with Crippen LogP contribution in [-0.2, 0) is 15.1 Å². The van der Waals surface area contributed by atoms with E-state index in [1.165, 1.54) is 0 Å². The van der Waals surface area contributed by atoms with E-state index in [0.717, 1.165) is 32.5 Å². The van der Waals surface area contributed by atoms with Gasteiger partial charge in [-0.1, -0.05) is 60.7 Å². The van der Waals surface area contributed by atoms with Crippen molar-refractivity contribution in [3.8, 4) is 0 Å². The third-order valence-corrected chi connectivity index (χ3v) is 6.36. The molecule has 0 radical (unpaired) electrons. The summed E-state index contributed by atoms with van der Waals surface area (Å²) in [6.07, 6.45) is 1.87. The van der Waals surface area contributed by atoms with Gasteiger partial charge in [-0.15, -0.1) is 0 Å². The summed E-state index contributed by atoms with van der Waals surface area (Å²) in [6, 6.07) is 18.4. The van der Waals surface area contributed by atoms with E-state index in [4.69, 9.17) is 4.74 Å². The fourth-order valence-electron chi connectivity index (χ4n) is 4.84. The van der Waals surface area contributed by atoms with E-state index in [2.05, 4.69) is 9.80 Å². The number of likely N-dealkylation sites (N-methyl/N-ethyl adjacent to an activating group) is 1. The summed E-state index contributed by atoms with van der Waals surface area (Å²) in [6.45, 7) is 2.95. The number of ether oxygens (including phenoxy) is 1. The number of rotatable bonds is 6. The highest BCUT2D eigenvalue weighted by molar-refractivity contribution is 5.85. The number of hydrogen-bond donors (Lipinski definition) is 1. The molecule has 3 heterocycles. The van der Waals surface area contributed by atoms with Crippen molar-refractivity contribution in [3.63, 3.8) is 0 Å². The molecule has 2 atom stereocenters. The summed E-state index contributed by atoms with van der Waals surface area (Å²) in [5, 5.41) is 11.7. The fraction of sp³-hybridized carbons (Fsp3) is 0.458. The number of benzene rings is 2. The molecule has 0 spiro atoms. The van der Waals surface area contributed by atoms with Crippen LogP contribution in [0.3, 0.4) is 0 Å². The molecule has 29 heavy (non-hydrogen) atoms. The molecular formula is C24H30N2O3. The Balaban J connectivity index is 1.66. The van der Waals surface area contributed by atoms with Gasteiger partial charge in [-0.3, -0.25) is 4.90 Å². The lowest BCUT2D eigenvalue weighted by atomic mass is 9.79. The average molecular weight is 395 g/mol. The first kappa shape index (κ1) is 20.1. The number of hydrogen-bond acceptors (Lipinski definition) is 5. The summed E-state index contributed by atoms with van der Waals surface area (Å²) < 4.78 is 6.16. The van der Waals surface area contributed by atoms with Gasteiger partial charge in [-0.05, 0) is 57.1 Å². The highest BCUT2D eigenvalue weighted by Gasteiger charge is 2.48. The van der Waals surface area contributed by atoms with E-state index < -0.39 is 11.6 Å². The van der Waals surface area contributed by atoms with Gasteiger partial charge in [0, 0.05) is 6.54 Å². The Hall–Kier alpha value is -2.21. The van der Waals surface area contributed by atoms with Gasteiger partial charge in [0.1, 0.15) is 6.10 Å².